The van der Waals surface area contributed by atoms with Crippen LogP contribution in [0.3, 0.4) is 0 Å². The Balaban J connectivity index is 1.32. The Bertz CT molecular complexity index is 1260. The second kappa shape index (κ2) is 6.91. The first-order chi connectivity index (χ1) is 15.1. The molecule has 1 aliphatic heterocycles. The SMILES string of the molecule is COc1nc(N[C@H]2CC[C@]3(CCO3)CC2)nc2[nH]cc(-c3ccc4nnc(C)n4c3)c12. The summed E-state index contributed by atoms with van der Waals surface area (Å²) in [6.45, 7) is 2.85. The fourth-order valence-corrected chi connectivity index (χ4v) is 4.86. The van der Waals surface area contributed by atoms with Gasteiger partial charge in [-0.3, -0.25) is 4.40 Å². The van der Waals surface area contributed by atoms with Gasteiger partial charge in [-0.1, -0.05) is 0 Å². The molecule has 6 rings (SSSR count). The van der Waals surface area contributed by atoms with Gasteiger partial charge in [0.15, 0.2) is 5.65 Å². The number of aromatic amines is 1. The summed E-state index contributed by atoms with van der Waals surface area (Å²) in [7, 11) is 1.65. The number of hydrogen-bond donors (Lipinski definition) is 2. The highest BCUT2D eigenvalue weighted by atomic mass is 16.5. The number of anilines is 1. The van der Waals surface area contributed by atoms with E-state index in [-0.39, 0.29) is 5.60 Å². The molecule has 9 nitrogen and oxygen atoms in total. The number of ether oxygens (including phenoxy) is 2. The van der Waals surface area contributed by atoms with Crippen LogP contribution in [0.2, 0.25) is 0 Å². The summed E-state index contributed by atoms with van der Waals surface area (Å²) in [5.41, 5.74) is 3.72. The van der Waals surface area contributed by atoms with Gasteiger partial charge in [0.1, 0.15) is 11.5 Å². The Morgan fingerprint density at radius 2 is 2.03 bits per heavy atom. The predicted molar refractivity (Wildman–Crippen MR) is 116 cm³/mol. The van der Waals surface area contributed by atoms with Crippen LogP contribution < -0.4 is 10.1 Å². The second-order valence-electron chi connectivity index (χ2n) is 8.58. The molecule has 0 amide bonds. The van der Waals surface area contributed by atoms with Gasteiger partial charge in [-0.2, -0.15) is 9.97 Å². The van der Waals surface area contributed by atoms with E-state index in [1.165, 1.54) is 6.42 Å². The summed E-state index contributed by atoms with van der Waals surface area (Å²) < 4.78 is 13.5. The van der Waals surface area contributed by atoms with Gasteiger partial charge in [0, 0.05) is 29.6 Å². The monoisotopic (exact) mass is 419 g/mol. The molecule has 5 heterocycles. The maximum Gasteiger partial charge on any atom is 0.228 e. The molecule has 160 valence electrons. The number of aryl methyl sites for hydroxylation is 1. The smallest absolute Gasteiger partial charge is 0.228 e. The molecular weight excluding hydrogens is 394 g/mol. The number of aromatic nitrogens is 6. The van der Waals surface area contributed by atoms with Crippen molar-refractivity contribution in [1.82, 2.24) is 29.5 Å². The minimum atomic E-state index is 0.152. The van der Waals surface area contributed by atoms with Crippen LogP contribution in [0.4, 0.5) is 5.95 Å². The summed E-state index contributed by atoms with van der Waals surface area (Å²) >= 11 is 0. The number of rotatable bonds is 4. The lowest BCUT2D eigenvalue weighted by atomic mass is 9.77. The normalized spacial score (nSPS) is 23.4. The van der Waals surface area contributed by atoms with E-state index in [1.807, 2.05) is 35.9 Å². The number of nitrogens with zero attached hydrogens (tertiary/aromatic N) is 5. The molecule has 1 saturated heterocycles. The topological polar surface area (TPSA) is 102 Å². The zero-order valence-electron chi connectivity index (χ0n) is 17.7. The van der Waals surface area contributed by atoms with E-state index in [0.29, 0.717) is 17.9 Å². The molecule has 0 unspecified atom stereocenters. The van der Waals surface area contributed by atoms with Crippen LogP contribution in [0, 0.1) is 6.92 Å². The fourth-order valence-electron chi connectivity index (χ4n) is 4.86. The zero-order valence-corrected chi connectivity index (χ0v) is 17.7. The highest BCUT2D eigenvalue weighted by Gasteiger charge is 2.41. The Labute approximate surface area is 179 Å². The van der Waals surface area contributed by atoms with Crippen molar-refractivity contribution < 1.29 is 9.47 Å². The third kappa shape index (κ3) is 3.03. The molecule has 1 aliphatic carbocycles. The van der Waals surface area contributed by atoms with Gasteiger partial charge in [0.05, 0.1) is 24.7 Å². The molecule has 0 aromatic carbocycles. The highest BCUT2D eigenvalue weighted by Crippen LogP contribution is 2.41. The lowest BCUT2D eigenvalue weighted by Crippen LogP contribution is -2.48. The molecule has 2 aliphatic rings. The van der Waals surface area contributed by atoms with Crippen molar-refractivity contribution in [3.8, 4) is 17.0 Å². The van der Waals surface area contributed by atoms with Crippen molar-refractivity contribution in [3.05, 3.63) is 30.4 Å². The average molecular weight is 419 g/mol. The van der Waals surface area contributed by atoms with E-state index >= 15 is 0 Å². The molecule has 1 saturated carbocycles. The number of nitrogens with one attached hydrogen (secondary N) is 2. The molecular formula is C22H25N7O2. The van der Waals surface area contributed by atoms with E-state index < -0.39 is 0 Å². The van der Waals surface area contributed by atoms with Crippen molar-refractivity contribution in [2.24, 2.45) is 0 Å². The summed E-state index contributed by atoms with van der Waals surface area (Å²) in [5.74, 6) is 1.99. The van der Waals surface area contributed by atoms with Crippen molar-refractivity contribution in [3.63, 3.8) is 0 Å². The molecule has 1 spiro atoms. The van der Waals surface area contributed by atoms with Crippen LogP contribution in [0.5, 0.6) is 5.88 Å². The molecule has 4 aromatic rings. The summed E-state index contributed by atoms with van der Waals surface area (Å²) in [5, 5.41) is 12.7. The molecule has 2 fully saturated rings. The van der Waals surface area contributed by atoms with E-state index in [9.17, 15) is 0 Å². The quantitative estimate of drug-likeness (QED) is 0.522. The van der Waals surface area contributed by atoms with Crippen molar-refractivity contribution in [2.45, 2.75) is 50.7 Å². The van der Waals surface area contributed by atoms with Crippen LogP contribution >= 0.6 is 0 Å². The Kier molecular flexibility index (Phi) is 4.14. The number of pyridine rings is 1. The van der Waals surface area contributed by atoms with Gasteiger partial charge in [-0.15, -0.1) is 10.2 Å². The first kappa shape index (κ1) is 18.6. The maximum atomic E-state index is 5.83. The number of methoxy groups -OCH3 is 1. The van der Waals surface area contributed by atoms with Crippen molar-refractivity contribution >= 4 is 22.6 Å². The zero-order chi connectivity index (χ0) is 21.0. The molecule has 0 atom stereocenters. The predicted octanol–water partition coefficient (Wildman–Crippen LogP) is 3.50. The second-order valence-corrected chi connectivity index (χ2v) is 8.58. The Morgan fingerprint density at radius 3 is 2.77 bits per heavy atom. The third-order valence-electron chi connectivity index (χ3n) is 6.77. The van der Waals surface area contributed by atoms with E-state index in [0.717, 1.165) is 65.9 Å². The van der Waals surface area contributed by atoms with Crippen LogP contribution in [0.1, 0.15) is 37.9 Å². The van der Waals surface area contributed by atoms with E-state index in [4.69, 9.17) is 14.5 Å². The average Bonchev–Trinajstić information content (AvgIpc) is 3.36. The van der Waals surface area contributed by atoms with Crippen LogP contribution in [0.15, 0.2) is 24.5 Å². The van der Waals surface area contributed by atoms with Crippen LogP contribution in [-0.2, 0) is 4.74 Å². The largest absolute Gasteiger partial charge is 0.480 e. The van der Waals surface area contributed by atoms with Gasteiger partial charge in [-0.25, -0.2) is 0 Å². The van der Waals surface area contributed by atoms with Gasteiger partial charge in [0.2, 0.25) is 11.8 Å². The number of hydrogen-bond acceptors (Lipinski definition) is 7. The minimum absolute atomic E-state index is 0.152. The number of H-pyrrole nitrogens is 1. The van der Waals surface area contributed by atoms with Gasteiger partial charge < -0.3 is 19.8 Å². The summed E-state index contributed by atoms with van der Waals surface area (Å²) in [6, 6.07) is 4.34. The molecule has 2 N–H and O–H groups in total. The lowest BCUT2D eigenvalue weighted by molar-refractivity contribution is -0.165. The summed E-state index contributed by atoms with van der Waals surface area (Å²) in [6.07, 6.45) is 9.51. The molecule has 9 heteroatoms. The van der Waals surface area contributed by atoms with Crippen molar-refractivity contribution in [2.75, 3.05) is 19.0 Å². The van der Waals surface area contributed by atoms with E-state index in [1.54, 1.807) is 7.11 Å². The fraction of sp³-hybridized carbons (Fsp3) is 0.455. The Morgan fingerprint density at radius 1 is 1.19 bits per heavy atom. The molecule has 0 radical (unpaired) electrons. The van der Waals surface area contributed by atoms with Gasteiger partial charge >= 0.3 is 0 Å². The minimum Gasteiger partial charge on any atom is -0.480 e. The van der Waals surface area contributed by atoms with Gasteiger partial charge in [-0.05, 0) is 51.2 Å². The van der Waals surface area contributed by atoms with Crippen LogP contribution in [-0.4, -0.2) is 54.9 Å². The maximum absolute atomic E-state index is 5.83. The third-order valence-corrected chi connectivity index (χ3v) is 6.77. The highest BCUT2D eigenvalue weighted by molar-refractivity contribution is 5.97. The first-order valence-corrected chi connectivity index (χ1v) is 10.8. The lowest BCUT2D eigenvalue weighted by Gasteiger charge is -2.46. The molecule has 0 bridgehead atoms. The summed E-state index contributed by atoms with van der Waals surface area (Å²) in [4.78, 5) is 12.7. The standard InChI is InChI=1S/C22H25N7O2/c1-13-27-28-17-4-3-14(12-29(13)17)16-11-23-19-18(16)20(30-2)26-21(25-19)24-15-5-7-22(8-6-15)9-10-31-22/h3-4,11-12,15H,5-10H2,1-2H3,(H2,23,24,25,26)/t15-,22+. The molecule has 31 heavy (non-hydrogen) atoms. The first-order valence-electron chi connectivity index (χ1n) is 10.8. The van der Waals surface area contributed by atoms with Gasteiger partial charge in [0.25, 0.3) is 0 Å². The van der Waals surface area contributed by atoms with E-state index in [2.05, 4.69) is 25.5 Å². The Hall–Kier alpha value is -3.20. The molecule has 4 aromatic heterocycles. The van der Waals surface area contributed by atoms with Crippen molar-refractivity contribution in [1.29, 1.82) is 0 Å². The van der Waals surface area contributed by atoms with Crippen LogP contribution in [0.25, 0.3) is 27.8 Å². The number of fused-ring (bicyclic) bond motifs is 2.